The number of benzene rings is 2. The number of carbonyl (C=O) groups is 1. The van der Waals surface area contributed by atoms with E-state index in [1.54, 1.807) is 6.92 Å². The highest BCUT2D eigenvalue weighted by Crippen LogP contribution is 2.35. The average Bonchev–Trinajstić information content (AvgIpc) is 2.59. The molecular formula is C17H12Cl2F3NO2. The zero-order valence-corrected chi connectivity index (χ0v) is 14.4. The molecule has 3 nitrogen and oxygen atoms in total. The predicted molar refractivity (Wildman–Crippen MR) is 89.5 cm³/mol. The van der Waals surface area contributed by atoms with E-state index in [2.05, 4.69) is 4.29 Å². The first kappa shape index (κ1) is 19.3. The second-order valence-electron chi connectivity index (χ2n) is 5.08. The van der Waals surface area contributed by atoms with E-state index in [4.69, 9.17) is 28.9 Å². The summed E-state index contributed by atoms with van der Waals surface area (Å²) in [7, 11) is 0. The van der Waals surface area contributed by atoms with E-state index < -0.39 is 29.0 Å². The Labute approximate surface area is 152 Å². The topological polar surface area (TPSA) is 50.1 Å². The van der Waals surface area contributed by atoms with Crippen LogP contribution in [-0.2, 0) is 16.9 Å². The Morgan fingerprint density at radius 2 is 1.80 bits per heavy atom. The summed E-state index contributed by atoms with van der Waals surface area (Å²) in [5, 5.41) is 7.93. The van der Waals surface area contributed by atoms with Gasteiger partial charge in [0.1, 0.15) is 11.9 Å². The van der Waals surface area contributed by atoms with Crippen LogP contribution >= 0.6 is 23.5 Å². The van der Waals surface area contributed by atoms with Gasteiger partial charge in [-0.3, -0.25) is 10.2 Å². The Bertz CT molecular complexity index is 835. The number of hydrogen-bond donors (Lipinski definition) is 1. The third-order valence-electron chi connectivity index (χ3n) is 3.64. The summed E-state index contributed by atoms with van der Waals surface area (Å²) in [5.74, 6) is -1.46. The predicted octanol–water partition coefficient (Wildman–Crippen LogP) is 5.65. The molecule has 0 bridgehead atoms. The summed E-state index contributed by atoms with van der Waals surface area (Å²) in [6.45, 7) is 1.70. The summed E-state index contributed by atoms with van der Waals surface area (Å²) < 4.78 is 44.1. The zero-order chi connectivity index (χ0) is 18.8. The molecule has 0 fully saturated rings. The Hall–Kier alpha value is -2.05. The van der Waals surface area contributed by atoms with Crippen molar-refractivity contribution in [1.29, 1.82) is 5.41 Å². The molecule has 8 heteroatoms. The molecule has 0 aliphatic heterocycles. The minimum absolute atomic E-state index is 0.0294. The molecule has 25 heavy (non-hydrogen) atoms. The molecule has 0 spiro atoms. The third kappa shape index (κ3) is 3.80. The number of halogens is 5. The second-order valence-corrected chi connectivity index (χ2v) is 5.64. The van der Waals surface area contributed by atoms with Crippen molar-refractivity contribution in [3.05, 3.63) is 69.2 Å². The van der Waals surface area contributed by atoms with Gasteiger partial charge in [-0.2, -0.15) is 13.2 Å². The molecule has 0 radical (unpaired) electrons. The van der Waals surface area contributed by atoms with Crippen molar-refractivity contribution in [3.8, 4) is 0 Å². The fourth-order valence-corrected chi connectivity index (χ4v) is 2.90. The summed E-state index contributed by atoms with van der Waals surface area (Å²) in [5.41, 5.74) is -1.43. The van der Waals surface area contributed by atoms with E-state index in [-0.39, 0.29) is 22.6 Å². The highest BCUT2D eigenvalue weighted by Gasteiger charge is 2.36. The second kappa shape index (κ2) is 7.45. The quantitative estimate of drug-likeness (QED) is 0.417. The largest absolute Gasteiger partial charge is 0.417 e. The smallest absolute Gasteiger partial charge is 0.365 e. The normalized spacial score (nSPS) is 11.3. The molecule has 2 aromatic rings. The first-order valence-corrected chi connectivity index (χ1v) is 7.80. The van der Waals surface area contributed by atoms with Crippen LogP contribution in [0.3, 0.4) is 0 Å². The van der Waals surface area contributed by atoms with Crippen molar-refractivity contribution in [2.24, 2.45) is 0 Å². The van der Waals surface area contributed by atoms with Crippen molar-refractivity contribution in [3.63, 3.8) is 0 Å². The molecule has 0 amide bonds. The Morgan fingerprint density at radius 1 is 1.16 bits per heavy atom. The standard InChI is InChI=1S/C17H12Cl2F3NO2/c1-2-9-13(18)8-7-11(16(23)25-19)14(9)15(24)10-5-3-4-6-12(10)17(20,21)22/h3-8,23H,2H2,1H3. The zero-order valence-electron chi connectivity index (χ0n) is 12.9. The van der Waals surface area contributed by atoms with Gasteiger partial charge in [0.15, 0.2) is 5.78 Å². The number of carbonyl (C=O) groups excluding carboxylic acids is 1. The number of hydrogen-bond acceptors (Lipinski definition) is 3. The van der Waals surface area contributed by atoms with Crippen LogP contribution in [0.4, 0.5) is 13.2 Å². The first-order valence-electron chi connectivity index (χ1n) is 7.12. The molecule has 0 saturated carbocycles. The van der Waals surface area contributed by atoms with E-state index in [9.17, 15) is 18.0 Å². The van der Waals surface area contributed by atoms with E-state index in [1.165, 1.54) is 24.3 Å². The molecule has 0 saturated heterocycles. The van der Waals surface area contributed by atoms with Gasteiger partial charge in [0.05, 0.1) is 5.56 Å². The summed E-state index contributed by atoms with van der Waals surface area (Å²) in [6.07, 6.45) is -4.43. The van der Waals surface area contributed by atoms with Crippen LogP contribution in [0.1, 0.15) is 39.5 Å². The Kier molecular flexibility index (Phi) is 5.75. The van der Waals surface area contributed by atoms with Gasteiger partial charge in [-0.05, 0) is 30.2 Å². The lowest BCUT2D eigenvalue weighted by Crippen LogP contribution is -2.18. The van der Waals surface area contributed by atoms with Gasteiger partial charge in [0.25, 0.3) is 0 Å². The maximum absolute atomic E-state index is 13.2. The molecule has 2 aromatic carbocycles. The molecule has 0 unspecified atom stereocenters. The lowest BCUT2D eigenvalue weighted by Gasteiger charge is -2.17. The van der Waals surface area contributed by atoms with Gasteiger partial charge in [-0.25, -0.2) is 0 Å². The lowest BCUT2D eigenvalue weighted by molar-refractivity contribution is -0.137. The van der Waals surface area contributed by atoms with E-state index in [0.29, 0.717) is 5.56 Å². The van der Waals surface area contributed by atoms with Gasteiger partial charge in [0, 0.05) is 21.7 Å². The first-order chi connectivity index (χ1) is 11.7. The molecule has 132 valence electrons. The lowest BCUT2D eigenvalue weighted by atomic mass is 9.90. The van der Waals surface area contributed by atoms with Gasteiger partial charge in [-0.15, -0.1) is 0 Å². The van der Waals surface area contributed by atoms with E-state index in [1.807, 2.05) is 0 Å². The monoisotopic (exact) mass is 389 g/mol. The highest BCUT2D eigenvalue weighted by molar-refractivity contribution is 6.33. The number of rotatable bonds is 4. The van der Waals surface area contributed by atoms with Crippen molar-refractivity contribution in [2.75, 3.05) is 0 Å². The number of ketones is 1. The van der Waals surface area contributed by atoms with Crippen molar-refractivity contribution in [2.45, 2.75) is 19.5 Å². The van der Waals surface area contributed by atoms with Crippen LogP contribution in [0.2, 0.25) is 5.02 Å². The van der Waals surface area contributed by atoms with E-state index in [0.717, 1.165) is 12.1 Å². The maximum Gasteiger partial charge on any atom is 0.417 e. The SMILES string of the molecule is CCc1c(Cl)ccc(C(=N)OCl)c1C(=O)c1ccccc1C(F)(F)F. The third-order valence-corrected chi connectivity index (χ3v) is 4.14. The number of nitrogens with one attached hydrogen (secondary N) is 1. The minimum atomic E-state index is -4.70. The summed E-state index contributed by atoms with van der Waals surface area (Å²) in [4.78, 5) is 12.9. The van der Waals surface area contributed by atoms with Crippen LogP contribution in [0.5, 0.6) is 0 Å². The molecule has 0 heterocycles. The van der Waals surface area contributed by atoms with Crippen LogP contribution in [0, 0.1) is 5.41 Å². The molecular weight excluding hydrogens is 378 g/mol. The summed E-state index contributed by atoms with van der Waals surface area (Å²) in [6, 6.07) is 7.19. The van der Waals surface area contributed by atoms with E-state index >= 15 is 0 Å². The van der Waals surface area contributed by atoms with Crippen molar-refractivity contribution < 1.29 is 22.3 Å². The number of alkyl halides is 3. The molecule has 0 aliphatic rings. The van der Waals surface area contributed by atoms with Crippen molar-refractivity contribution >= 4 is 35.1 Å². The molecule has 0 atom stereocenters. The van der Waals surface area contributed by atoms with Crippen LogP contribution in [0.25, 0.3) is 0 Å². The van der Waals surface area contributed by atoms with Gasteiger partial charge < -0.3 is 4.29 Å². The van der Waals surface area contributed by atoms with Crippen LogP contribution in [0.15, 0.2) is 36.4 Å². The fourth-order valence-electron chi connectivity index (χ4n) is 2.52. The Morgan fingerprint density at radius 3 is 2.36 bits per heavy atom. The van der Waals surface area contributed by atoms with Crippen LogP contribution in [-0.4, -0.2) is 11.7 Å². The summed E-state index contributed by atoms with van der Waals surface area (Å²) >= 11 is 11.3. The molecule has 0 aromatic heterocycles. The average molecular weight is 390 g/mol. The Balaban J connectivity index is 2.77. The van der Waals surface area contributed by atoms with Gasteiger partial charge in [0.2, 0.25) is 5.90 Å². The molecule has 2 rings (SSSR count). The molecule has 1 N–H and O–H groups in total. The maximum atomic E-state index is 13.2. The van der Waals surface area contributed by atoms with Crippen LogP contribution < -0.4 is 0 Å². The van der Waals surface area contributed by atoms with Crippen molar-refractivity contribution in [1.82, 2.24) is 0 Å². The van der Waals surface area contributed by atoms with Gasteiger partial charge >= 0.3 is 6.18 Å². The minimum Gasteiger partial charge on any atom is -0.365 e. The fraction of sp³-hybridized carbons (Fsp3) is 0.176. The molecule has 0 aliphatic carbocycles. The highest BCUT2D eigenvalue weighted by atomic mass is 35.5. The van der Waals surface area contributed by atoms with Gasteiger partial charge in [-0.1, -0.05) is 36.7 Å².